The van der Waals surface area contributed by atoms with Crippen molar-refractivity contribution in [1.29, 1.82) is 0 Å². The molecule has 0 radical (unpaired) electrons. The molecule has 2 nitrogen and oxygen atoms in total. The minimum absolute atomic E-state index is 0.335. The molecule has 1 heterocycles. The molecule has 1 aliphatic rings. The zero-order valence-corrected chi connectivity index (χ0v) is 12.2. The molecule has 0 aliphatic carbocycles. The summed E-state index contributed by atoms with van der Waals surface area (Å²) >= 11 is 3.16. The van der Waals surface area contributed by atoms with Gasteiger partial charge < -0.3 is 10.2 Å². The van der Waals surface area contributed by atoms with Crippen LogP contribution in [0.5, 0.6) is 0 Å². The van der Waals surface area contributed by atoms with E-state index in [1.165, 1.54) is 6.07 Å². The third kappa shape index (κ3) is 3.63. The number of nitrogens with zero attached hydrogens (tertiary/aromatic N) is 1. The maximum atomic E-state index is 12.8. The molecule has 0 saturated carbocycles. The van der Waals surface area contributed by atoms with E-state index in [1.807, 2.05) is 4.90 Å². The third-order valence-electron chi connectivity index (χ3n) is 3.32. The van der Waals surface area contributed by atoms with Crippen molar-refractivity contribution in [3.05, 3.63) is 28.2 Å². The van der Waals surface area contributed by atoms with E-state index in [0.29, 0.717) is 16.2 Å². The molecular formula is C13H16BrF3N2. The van der Waals surface area contributed by atoms with E-state index in [1.54, 1.807) is 6.07 Å². The zero-order valence-electron chi connectivity index (χ0n) is 10.6. The largest absolute Gasteiger partial charge is 0.416 e. The number of hydrogen-bond acceptors (Lipinski definition) is 2. The summed E-state index contributed by atoms with van der Waals surface area (Å²) in [6.07, 6.45) is -3.34. The third-order valence-corrected chi connectivity index (χ3v) is 3.78. The van der Waals surface area contributed by atoms with Gasteiger partial charge in [0.15, 0.2) is 0 Å². The first-order valence-electron chi connectivity index (χ1n) is 6.26. The second kappa shape index (κ2) is 5.71. The molecule has 0 spiro atoms. The smallest absolute Gasteiger partial charge is 0.369 e. The molecule has 2 rings (SSSR count). The van der Waals surface area contributed by atoms with E-state index in [4.69, 9.17) is 0 Å². The summed E-state index contributed by atoms with van der Waals surface area (Å²) in [4.78, 5) is 2.00. The Hall–Kier alpha value is -0.750. The lowest BCUT2D eigenvalue weighted by molar-refractivity contribution is -0.137. The molecule has 0 bridgehead atoms. The van der Waals surface area contributed by atoms with E-state index in [9.17, 15) is 13.2 Å². The van der Waals surface area contributed by atoms with Gasteiger partial charge in [0.2, 0.25) is 0 Å². The highest BCUT2D eigenvalue weighted by Crippen LogP contribution is 2.34. The van der Waals surface area contributed by atoms with Crippen molar-refractivity contribution < 1.29 is 13.2 Å². The van der Waals surface area contributed by atoms with E-state index < -0.39 is 11.7 Å². The Morgan fingerprint density at radius 2 is 2.11 bits per heavy atom. The van der Waals surface area contributed by atoms with Gasteiger partial charge in [-0.2, -0.15) is 13.2 Å². The standard InChI is InChI=1S/C13H16BrF3N2/c1-2-11-8-19(4-3-18-11)12-6-9(13(15,16)17)5-10(14)7-12/h5-7,11,18H,2-4,8H2,1H3. The topological polar surface area (TPSA) is 15.3 Å². The van der Waals surface area contributed by atoms with Gasteiger partial charge in [0.25, 0.3) is 0 Å². The Balaban J connectivity index is 2.26. The van der Waals surface area contributed by atoms with Gasteiger partial charge in [-0.05, 0) is 24.6 Å². The van der Waals surface area contributed by atoms with Crippen LogP contribution in [0.2, 0.25) is 0 Å². The summed E-state index contributed by atoms with van der Waals surface area (Å²) < 4.78 is 38.9. The number of piperazine rings is 1. The van der Waals surface area contributed by atoms with E-state index >= 15 is 0 Å². The number of anilines is 1. The predicted octanol–water partition coefficient (Wildman–Crippen LogP) is 3.66. The molecule has 1 atom stereocenters. The minimum Gasteiger partial charge on any atom is -0.369 e. The number of halogens is 4. The first-order valence-corrected chi connectivity index (χ1v) is 7.05. The molecule has 1 saturated heterocycles. The number of rotatable bonds is 2. The van der Waals surface area contributed by atoms with Crippen molar-refractivity contribution in [3.63, 3.8) is 0 Å². The van der Waals surface area contributed by atoms with Gasteiger partial charge in [0.05, 0.1) is 5.56 Å². The van der Waals surface area contributed by atoms with Crippen LogP contribution in [0.1, 0.15) is 18.9 Å². The molecule has 1 aliphatic heterocycles. The predicted molar refractivity (Wildman–Crippen MR) is 73.4 cm³/mol. The van der Waals surface area contributed by atoms with Crippen molar-refractivity contribution in [1.82, 2.24) is 5.32 Å². The van der Waals surface area contributed by atoms with Crippen LogP contribution < -0.4 is 10.2 Å². The van der Waals surface area contributed by atoms with E-state index in [2.05, 4.69) is 28.2 Å². The SMILES string of the molecule is CCC1CN(c2cc(Br)cc(C(F)(F)F)c2)CCN1. The summed E-state index contributed by atoms with van der Waals surface area (Å²) in [5.41, 5.74) is 0.0186. The second-order valence-corrected chi connectivity index (χ2v) is 5.62. The summed E-state index contributed by atoms with van der Waals surface area (Å²) in [5, 5.41) is 3.35. The molecule has 19 heavy (non-hydrogen) atoms. The first kappa shape index (κ1) is 14.7. The highest BCUT2D eigenvalue weighted by atomic mass is 79.9. The number of nitrogens with one attached hydrogen (secondary N) is 1. The van der Waals surface area contributed by atoms with Crippen LogP contribution in [0.25, 0.3) is 0 Å². The fourth-order valence-corrected chi connectivity index (χ4v) is 2.74. The Morgan fingerprint density at radius 1 is 1.37 bits per heavy atom. The van der Waals surface area contributed by atoms with Gasteiger partial charge in [0, 0.05) is 35.8 Å². The van der Waals surface area contributed by atoms with Crippen molar-refractivity contribution in [2.75, 3.05) is 24.5 Å². The van der Waals surface area contributed by atoms with Crippen molar-refractivity contribution >= 4 is 21.6 Å². The van der Waals surface area contributed by atoms with Crippen LogP contribution in [0.15, 0.2) is 22.7 Å². The van der Waals surface area contributed by atoms with Crippen LogP contribution in [-0.2, 0) is 6.18 Å². The highest BCUT2D eigenvalue weighted by Gasteiger charge is 2.32. The molecule has 1 fully saturated rings. The molecule has 1 unspecified atom stereocenters. The number of alkyl halides is 3. The summed E-state index contributed by atoms with van der Waals surface area (Å²) in [7, 11) is 0. The Labute approximate surface area is 119 Å². The first-order chi connectivity index (χ1) is 8.90. The number of benzene rings is 1. The van der Waals surface area contributed by atoms with Crippen molar-refractivity contribution in [2.24, 2.45) is 0 Å². The van der Waals surface area contributed by atoms with Crippen LogP contribution in [0.3, 0.4) is 0 Å². The van der Waals surface area contributed by atoms with Crippen molar-refractivity contribution in [2.45, 2.75) is 25.6 Å². The van der Waals surface area contributed by atoms with Gasteiger partial charge >= 0.3 is 6.18 Å². The zero-order chi connectivity index (χ0) is 14.0. The molecule has 106 valence electrons. The highest BCUT2D eigenvalue weighted by molar-refractivity contribution is 9.10. The van der Waals surface area contributed by atoms with Gasteiger partial charge in [-0.25, -0.2) is 0 Å². The Morgan fingerprint density at radius 3 is 2.74 bits per heavy atom. The average Bonchev–Trinajstić information content (AvgIpc) is 2.37. The maximum absolute atomic E-state index is 12.8. The Kier molecular flexibility index (Phi) is 4.40. The van der Waals surface area contributed by atoms with Crippen LogP contribution in [0, 0.1) is 0 Å². The normalized spacial score (nSPS) is 20.7. The quantitative estimate of drug-likeness (QED) is 0.886. The summed E-state index contributed by atoms with van der Waals surface area (Å²) in [5.74, 6) is 0. The van der Waals surface area contributed by atoms with Gasteiger partial charge in [-0.1, -0.05) is 22.9 Å². The lowest BCUT2D eigenvalue weighted by atomic mass is 10.1. The van der Waals surface area contributed by atoms with E-state index in [0.717, 1.165) is 32.1 Å². The van der Waals surface area contributed by atoms with Crippen LogP contribution in [-0.4, -0.2) is 25.7 Å². The molecule has 0 amide bonds. The lowest BCUT2D eigenvalue weighted by Gasteiger charge is -2.35. The van der Waals surface area contributed by atoms with Gasteiger partial charge in [-0.3, -0.25) is 0 Å². The van der Waals surface area contributed by atoms with Crippen LogP contribution in [0.4, 0.5) is 18.9 Å². The minimum atomic E-state index is -4.31. The molecule has 6 heteroatoms. The Bertz CT molecular complexity index is 448. The molecule has 0 aromatic heterocycles. The fourth-order valence-electron chi connectivity index (χ4n) is 2.25. The van der Waals surface area contributed by atoms with Crippen LogP contribution >= 0.6 is 15.9 Å². The maximum Gasteiger partial charge on any atom is 0.416 e. The van der Waals surface area contributed by atoms with Gasteiger partial charge in [0.1, 0.15) is 0 Å². The monoisotopic (exact) mass is 336 g/mol. The average molecular weight is 337 g/mol. The summed E-state index contributed by atoms with van der Waals surface area (Å²) in [6, 6.07) is 4.42. The molecule has 1 aromatic carbocycles. The molecular weight excluding hydrogens is 321 g/mol. The number of hydrogen-bond donors (Lipinski definition) is 1. The molecule has 1 N–H and O–H groups in total. The van der Waals surface area contributed by atoms with E-state index in [-0.39, 0.29) is 0 Å². The summed E-state index contributed by atoms with van der Waals surface area (Å²) in [6.45, 7) is 4.34. The lowest BCUT2D eigenvalue weighted by Crippen LogP contribution is -2.50. The van der Waals surface area contributed by atoms with Crippen molar-refractivity contribution in [3.8, 4) is 0 Å². The second-order valence-electron chi connectivity index (χ2n) is 4.70. The molecule has 1 aromatic rings. The fraction of sp³-hybridized carbons (Fsp3) is 0.538. The van der Waals surface area contributed by atoms with Gasteiger partial charge in [-0.15, -0.1) is 0 Å².